The van der Waals surface area contributed by atoms with Crippen molar-refractivity contribution in [2.75, 3.05) is 19.8 Å². The maximum Gasteiger partial charge on any atom is 0.136 e. The molecule has 4 heteroatoms. The molecule has 0 amide bonds. The molecule has 118 valence electrons. The zero-order valence-corrected chi connectivity index (χ0v) is 12.6. The number of hydrogen-bond donors (Lipinski definition) is 3. The average molecular weight is 302 g/mol. The second-order valence-corrected chi connectivity index (χ2v) is 5.56. The van der Waals surface area contributed by atoms with Crippen LogP contribution in [0.5, 0.6) is 5.75 Å². The van der Waals surface area contributed by atoms with Crippen molar-refractivity contribution in [3.8, 4) is 5.75 Å². The number of aryl methyl sites for hydroxylation is 1. The fraction of sp³-hybridized carbons (Fsp3) is 0.333. The Morgan fingerprint density at radius 2 is 1.41 bits per heavy atom. The molecule has 22 heavy (non-hydrogen) atoms. The minimum absolute atomic E-state index is 0.384. The first-order chi connectivity index (χ1) is 10.6. The van der Waals surface area contributed by atoms with Gasteiger partial charge in [-0.2, -0.15) is 0 Å². The van der Waals surface area contributed by atoms with E-state index >= 15 is 0 Å². The molecule has 0 saturated heterocycles. The third-order valence-corrected chi connectivity index (χ3v) is 3.88. The number of aliphatic hydroxyl groups excluding tert-OH is 3. The smallest absolute Gasteiger partial charge is 0.136 e. The topological polar surface area (TPSA) is 69.9 Å². The fourth-order valence-electron chi connectivity index (χ4n) is 2.32. The van der Waals surface area contributed by atoms with Gasteiger partial charge in [-0.15, -0.1) is 0 Å². The summed E-state index contributed by atoms with van der Waals surface area (Å²) in [7, 11) is 0. The van der Waals surface area contributed by atoms with Crippen molar-refractivity contribution in [1.29, 1.82) is 0 Å². The van der Waals surface area contributed by atoms with Gasteiger partial charge in [0, 0.05) is 0 Å². The van der Waals surface area contributed by atoms with Gasteiger partial charge in [-0.1, -0.05) is 48.0 Å². The Balaban J connectivity index is 2.41. The van der Waals surface area contributed by atoms with Gasteiger partial charge in [0.2, 0.25) is 0 Å². The molecule has 0 aliphatic rings. The highest BCUT2D eigenvalue weighted by Crippen LogP contribution is 2.37. The van der Waals surface area contributed by atoms with Crippen LogP contribution in [0.2, 0.25) is 0 Å². The van der Waals surface area contributed by atoms with Crippen molar-refractivity contribution in [2.24, 2.45) is 5.41 Å². The third kappa shape index (κ3) is 3.47. The zero-order chi connectivity index (χ0) is 16.0. The van der Waals surface area contributed by atoms with Crippen LogP contribution in [0.1, 0.15) is 17.2 Å². The van der Waals surface area contributed by atoms with Gasteiger partial charge in [-0.25, -0.2) is 0 Å². The Labute approximate surface area is 130 Å². The summed E-state index contributed by atoms with van der Waals surface area (Å²) in [6, 6.07) is 16.8. The molecule has 1 unspecified atom stereocenters. The molecular weight excluding hydrogens is 280 g/mol. The summed E-state index contributed by atoms with van der Waals surface area (Å²) in [6.45, 7) is 0.830. The van der Waals surface area contributed by atoms with E-state index in [1.807, 2.05) is 49.4 Å². The number of ether oxygens (including phenoxy) is 1. The number of aliphatic hydroxyl groups is 3. The molecule has 4 nitrogen and oxygen atoms in total. The van der Waals surface area contributed by atoms with E-state index in [2.05, 4.69) is 0 Å². The summed E-state index contributed by atoms with van der Waals surface area (Å²) in [4.78, 5) is 0. The molecule has 0 radical (unpaired) electrons. The number of para-hydroxylation sites is 1. The largest absolute Gasteiger partial charge is 0.485 e. The highest BCUT2D eigenvalue weighted by molar-refractivity contribution is 5.28. The highest BCUT2D eigenvalue weighted by atomic mass is 16.5. The maximum absolute atomic E-state index is 9.74. The van der Waals surface area contributed by atoms with Crippen LogP contribution < -0.4 is 4.74 Å². The molecular formula is C18H22O4. The number of benzene rings is 2. The molecule has 2 aromatic rings. The quantitative estimate of drug-likeness (QED) is 0.732. The van der Waals surface area contributed by atoms with Gasteiger partial charge < -0.3 is 20.1 Å². The molecule has 1 atom stereocenters. The van der Waals surface area contributed by atoms with Crippen molar-refractivity contribution >= 4 is 0 Å². The first-order valence-electron chi connectivity index (χ1n) is 7.26. The van der Waals surface area contributed by atoms with E-state index < -0.39 is 11.5 Å². The molecule has 0 aromatic heterocycles. The van der Waals surface area contributed by atoms with Crippen molar-refractivity contribution in [3.63, 3.8) is 0 Å². The van der Waals surface area contributed by atoms with Crippen molar-refractivity contribution in [3.05, 3.63) is 65.7 Å². The van der Waals surface area contributed by atoms with Crippen LogP contribution in [0.3, 0.4) is 0 Å². The zero-order valence-electron chi connectivity index (χ0n) is 12.6. The molecule has 0 aliphatic carbocycles. The van der Waals surface area contributed by atoms with E-state index in [4.69, 9.17) is 4.74 Å². The Kier molecular flexibility index (Phi) is 5.55. The van der Waals surface area contributed by atoms with Crippen LogP contribution >= 0.6 is 0 Å². The van der Waals surface area contributed by atoms with Gasteiger partial charge in [0.1, 0.15) is 11.9 Å². The monoisotopic (exact) mass is 302 g/mol. The van der Waals surface area contributed by atoms with E-state index in [1.165, 1.54) is 0 Å². The summed E-state index contributed by atoms with van der Waals surface area (Å²) < 4.78 is 6.00. The van der Waals surface area contributed by atoms with E-state index in [-0.39, 0.29) is 19.8 Å². The fourth-order valence-corrected chi connectivity index (χ4v) is 2.32. The lowest BCUT2D eigenvalue weighted by Crippen LogP contribution is -2.42. The molecule has 0 saturated carbocycles. The second-order valence-electron chi connectivity index (χ2n) is 5.56. The van der Waals surface area contributed by atoms with Gasteiger partial charge in [0.25, 0.3) is 0 Å². The van der Waals surface area contributed by atoms with E-state index in [0.29, 0.717) is 5.75 Å². The van der Waals surface area contributed by atoms with E-state index in [9.17, 15) is 15.3 Å². The Hall–Kier alpha value is -1.88. The molecule has 0 heterocycles. The van der Waals surface area contributed by atoms with Crippen LogP contribution in [-0.4, -0.2) is 35.1 Å². The summed E-state index contributed by atoms with van der Waals surface area (Å²) in [5, 5.41) is 29.2. The molecule has 2 rings (SSSR count). The molecule has 0 aliphatic heterocycles. The van der Waals surface area contributed by atoms with Crippen molar-refractivity contribution in [1.82, 2.24) is 0 Å². The van der Waals surface area contributed by atoms with E-state index in [0.717, 1.165) is 11.1 Å². The lowest BCUT2D eigenvalue weighted by molar-refractivity contribution is -0.0742. The standard InChI is InChI=1S/C18H22O4/c1-14-7-9-15(10-8-14)17(18(11-19,12-20)13-21)22-16-5-3-2-4-6-16/h2-10,17,19-21H,11-13H2,1H3. The normalized spacial score (nSPS) is 12.9. The lowest BCUT2D eigenvalue weighted by atomic mass is 9.80. The van der Waals surface area contributed by atoms with Crippen LogP contribution in [0.25, 0.3) is 0 Å². The first-order valence-corrected chi connectivity index (χ1v) is 7.26. The van der Waals surface area contributed by atoms with Gasteiger partial charge in [0.05, 0.1) is 25.2 Å². The van der Waals surface area contributed by atoms with Crippen molar-refractivity contribution < 1.29 is 20.1 Å². The Bertz CT molecular complexity index is 553. The summed E-state index contributed by atoms with van der Waals surface area (Å²) in [5.41, 5.74) is 0.738. The molecule has 0 fully saturated rings. The minimum atomic E-state index is -1.16. The average Bonchev–Trinajstić information content (AvgIpc) is 2.58. The molecule has 3 N–H and O–H groups in total. The molecule has 2 aromatic carbocycles. The third-order valence-electron chi connectivity index (χ3n) is 3.88. The minimum Gasteiger partial charge on any atom is -0.485 e. The lowest BCUT2D eigenvalue weighted by Gasteiger charge is -2.36. The van der Waals surface area contributed by atoms with Gasteiger partial charge in [0.15, 0.2) is 0 Å². The number of rotatable bonds is 7. The predicted molar refractivity (Wildman–Crippen MR) is 84.7 cm³/mol. The van der Waals surface area contributed by atoms with Crippen LogP contribution in [0, 0.1) is 12.3 Å². The molecule has 0 bridgehead atoms. The van der Waals surface area contributed by atoms with Crippen LogP contribution in [0.4, 0.5) is 0 Å². The summed E-state index contributed by atoms with van der Waals surface area (Å²) in [5.74, 6) is 0.618. The SMILES string of the molecule is Cc1ccc(C(Oc2ccccc2)C(CO)(CO)CO)cc1. The van der Waals surface area contributed by atoms with Crippen LogP contribution in [0.15, 0.2) is 54.6 Å². The van der Waals surface area contributed by atoms with Gasteiger partial charge in [-0.3, -0.25) is 0 Å². The predicted octanol–water partition coefficient (Wildman–Crippen LogP) is 2.08. The summed E-state index contributed by atoms with van der Waals surface area (Å²) >= 11 is 0. The number of hydrogen-bond acceptors (Lipinski definition) is 4. The second kappa shape index (κ2) is 7.40. The maximum atomic E-state index is 9.74. The Morgan fingerprint density at radius 1 is 0.864 bits per heavy atom. The van der Waals surface area contributed by atoms with E-state index in [1.54, 1.807) is 12.1 Å². The Morgan fingerprint density at radius 3 is 1.91 bits per heavy atom. The van der Waals surface area contributed by atoms with Gasteiger partial charge in [-0.05, 0) is 24.6 Å². The summed E-state index contributed by atoms with van der Waals surface area (Å²) in [6.07, 6.45) is -0.657. The van der Waals surface area contributed by atoms with Crippen LogP contribution in [-0.2, 0) is 0 Å². The highest BCUT2D eigenvalue weighted by Gasteiger charge is 2.40. The van der Waals surface area contributed by atoms with Crippen molar-refractivity contribution in [2.45, 2.75) is 13.0 Å². The first kappa shape index (κ1) is 16.5. The van der Waals surface area contributed by atoms with Gasteiger partial charge >= 0.3 is 0 Å². The molecule has 0 spiro atoms.